The van der Waals surface area contributed by atoms with E-state index in [2.05, 4.69) is 12.6 Å². The molecule has 0 aromatic heterocycles. The highest BCUT2D eigenvalue weighted by Crippen LogP contribution is 2.35. The summed E-state index contributed by atoms with van der Waals surface area (Å²) >= 11 is 0. The van der Waals surface area contributed by atoms with Crippen molar-refractivity contribution in [2.45, 2.75) is 38.0 Å². The molecule has 0 bridgehead atoms. The zero-order chi connectivity index (χ0) is 25.7. The van der Waals surface area contributed by atoms with Crippen molar-refractivity contribution in [3.63, 3.8) is 0 Å². The topological polar surface area (TPSA) is 47.3 Å². The number of alkyl halides is 3. The molecule has 1 N–H and O–H groups in total. The maximum Gasteiger partial charge on any atom is 0.416 e. The largest absolute Gasteiger partial charge is 0.511 e. The molecule has 6 heteroatoms. The molecule has 1 fully saturated rings. The molecule has 1 heterocycles. The first-order valence-electron chi connectivity index (χ1n) is 11.9. The number of likely N-dealkylation sites (tertiary alicyclic amines) is 1. The van der Waals surface area contributed by atoms with Gasteiger partial charge in [-0.3, -0.25) is 4.90 Å². The van der Waals surface area contributed by atoms with E-state index in [-0.39, 0.29) is 17.4 Å². The molecule has 0 amide bonds. The van der Waals surface area contributed by atoms with E-state index in [0.717, 1.165) is 30.4 Å². The van der Waals surface area contributed by atoms with Crippen LogP contribution in [0.15, 0.2) is 79.1 Å². The van der Waals surface area contributed by atoms with Crippen molar-refractivity contribution in [1.82, 2.24) is 4.90 Å². The number of nitriles is 1. The normalized spacial score (nSPS) is 16.7. The van der Waals surface area contributed by atoms with Gasteiger partial charge in [-0.05, 0) is 47.7 Å². The maximum absolute atomic E-state index is 14.0. The van der Waals surface area contributed by atoms with Gasteiger partial charge in [-0.25, -0.2) is 0 Å². The number of halogens is 3. The number of aliphatic hydroxyl groups is 1. The van der Waals surface area contributed by atoms with Gasteiger partial charge in [0.2, 0.25) is 0 Å². The van der Waals surface area contributed by atoms with Crippen LogP contribution in [-0.2, 0) is 12.7 Å². The van der Waals surface area contributed by atoms with Crippen LogP contribution in [-0.4, -0.2) is 22.6 Å². The van der Waals surface area contributed by atoms with Gasteiger partial charge in [0.05, 0.1) is 17.2 Å². The molecular weight excluding hydrogens is 461 g/mol. The molecule has 3 aromatic carbocycles. The number of piperidine rings is 1. The molecule has 3 nitrogen and oxygen atoms in total. The van der Waals surface area contributed by atoms with E-state index in [9.17, 15) is 23.5 Å². The molecule has 1 saturated heterocycles. The Balaban J connectivity index is 1.66. The van der Waals surface area contributed by atoms with Gasteiger partial charge < -0.3 is 5.11 Å². The van der Waals surface area contributed by atoms with Gasteiger partial charge in [-0.15, -0.1) is 0 Å². The first kappa shape index (κ1) is 25.3. The molecule has 1 aliphatic heterocycles. The van der Waals surface area contributed by atoms with E-state index >= 15 is 0 Å². The lowest BCUT2D eigenvalue weighted by Crippen LogP contribution is -2.40. The molecule has 184 valence electrons. The Morgan fingerprint density at radius 3 is 2.47 bits per heavy atom. The molecule has 0 unspecified atom stereocenters. The number of rotatable bonds is 6. The van der Waals surface area contributed by atoms with Crippen LogP contribution in [0.2, 0.25) is 0 Å². The third-order valence-electron chi connectivity index (χ3n) is 6.54. The predicted molar refractivity (Wildman–Crippen MR) is 137 cm³/mol. The smallest absolute Gasteiger partial charge is 0.416 e. The Morgan fingerprint density at radius 2 is 1.78 bits per heavy atom. The molecule has 1 atom stereocenters. The zero-order valence-electron chi connectivity index (χ0n) is 19.8. The Hall–Kier alpha value is -3.82. The summed E-state index contributed by atoms with van der Waals surface area (Å²) in [7, 11) is 0. The number of hydrogen-bond acceptors (Lipinski definition) is 3. The lowest BCUT2D eigenvalue weighted by atomic mass is 9.95. The second kappa shape index (κ2) is 10.8. The second-order valence-corrected chi connectivity index (χ2v) is 8.97. The summed E-state index contributed by atoms with van der Waals surface area (Å²) in [6, 6.07) is 21.1. The summed E-state index contributed by atoms with van der Waals surface area (Å²) < 4.78 is 42.0. The third-order valence-corrected chi connectivity index (χ3v) is 6.54. The fourth-order valence-corrected chi connectivity index (χ4v) is 4.76. The Kier molecular flexibility index (Phi) is 7.61. The van der Waals surface area contributed by atoms with Crippen molar-refractivity contribution in [2.75, 3.05) is 6.54 Å². The van der Waals surface area contributed by atoms with E-state index in [1.54, 1.807) is 24.3 Å². The van der Waals surface area contributed by atoms with Crippen LogP contribution in [0.1, 0.15) is 47.1 Å². The van der Waals surface area contributed by atoms with Crippen LogP contribution in [0.4, 0.5) is 13.2 Å². The molecule has 3 aromatic rings. The quantitative estimate of drug-likeness (QED) is 0.284. The molecule has 4 rings (SSSR count). The first-order valence-corrected chi connectivity index (χ1v) is 11.9. The van der Waals surface area contributed by atoms with Crippen molar-refractivity contribution >= 4 is 12.2 Å². The molecule has 36 heavy (non-hydrogen) atoms. The minimum absolute atomic E-state index is 0.0296. The molecule has 0 saturated carbocycles. The highest BCUT2D eigenvalue weighted by molar-refractivity contribution is 5.80. The van der Waals surface area contributed by atoms with Crippen LogP contribution in [0.5, 0.6) is 0 Å². The first-order chi connectivity index (χ1) is 17.3. The predicted octanol–water partition coefficient (Wildman–Crippen LogP) is 7.84. The van der Waals surface area contributed by atoms with Crippen LogP contribution >= 0.6 is 0 Å². The standard InChI is InChI=1S/C30H27F3N2O/c1-21(36)29-12-5-6-17-35(29)20-22-13-14-25(28(18-22)30(31,32)33)16-15-24-10-7-11-26(27(24)19-34)23-8-3-2-4-9-23/h2-4,7-11,13-16,18,29,36H,1,5-6,12,17,20H2/b16-15+/t29-/m0/s1. The van der Waals surface area contributed by atoms with E-state index in [0.29, 0.717) is 29.8 Å². The summed E-state index contributed by atoms with van der Waals surface area (Å²) in [6.07, 6.45) is 1.06. The molecule has 0 aliphatic carbocycles. The average molecular weight is 489 g/mol. The molecule has 1 aliphatic rings. The van der Waals surface area contributed by atoms with E-state index < -0.39 is 11.7 Å². The van der Waals surface area contributed by atoms with Crippen molar-refractivity contribution in [3.8, 4) is 17.2 Å². The van der Waals surface area contributed by atoms with Gasteiger partial charge in [0.25, 0.3) is 0 Å². The molecule has 0 radical (unpaired) electrons. The van der Waals surface area contributed by atoms with Gasteiger partial charge >= 0.3 is 6.18 Å². The van der Waals surface area contributed by atoms with Crippen LogP contribution in [0.25, 0.3) is 23.3 Å². The van der Waals surface area contributed by atoms with Crippen molar-refractivity contribution in [3.05, 3.63) is 107 Å². The maximum atomic E-state index is 14.0. The fourth-order valence-electron chi connectivity index (χ4n) is 4.76. The minimum atomic E-state index is -4.54. The Bertz CT molecular complexity index is 1310. The Labute approximate surface area is 209 Å². The van der Waals surface area contributed by atoms with Crippen molar-refractivity contribution in [1.29, 1.82) is 5.26 Å². The number of hydrogen-bond donors (Lipinski definition) is 1. The van der Waals surface area contributed by atoms with Crippen LogP contribution < -0.4 is 0 Å². The van der Waals surface area contributed by atoms with Gasteiger partial charge in [0.15, 0.2) is 0 Å². The van der Waals surface area contributed by atoms with Crippen molar-refractivity contribution < 1.29 is 18.3 Å². The number of nitrogens with zero attached hydrogens (tertiary/aromatic N) is 2. The summed E-state index contributed by atoms with van der Waals surface area (Å²) in [5.74, 6) is 0.0522. The molecule has 0 spiro atoms. The van der Waals surface area contributed by atoms with Crippen LogP contribution in [0, 0.1) is 11.3 Å². The number of benzene rings is 3. The zero-order valence-corrected chi connectivity index (χ0v) is 19.8. The van der Waals surface area contributed by atoms with Crippen molar-refractivity contribution in [2.24, 2.45) is 0 Å². The number of aliphatic hydroxyl groups excluding tert-OH is 1. The second-order valence-electron chi connectivity index (χ2n) is 8.97. The van der Waals surface area contributed by atoms with E-state index in [1.165, 1.54) is 18.2 Å². The van der Waals surface area contributed by atoms with E-state index in [4.69, 9.17) is 0 Å². The highest BCUT2D eigenvalue weighted by atomic mass is 19.4. The Morgan fingerprint density at radius 1 is 1.03 bits per heavy atom. The lowest BCUT2D eigenvalue weighted by molar-refractivity contribution is -0.137. The average Bonchev–Trinajstić information content (AvgIpc) is 2.87. The third kappa shape index (κ3) is 5.69. The minimum Gasteiger partial charge on any atom is -0.511 e. The van der Waals surface area contributed by atoms with Gasteiger partial charge in [0.1, 0.15) is 11.8 Å². The summed E-state index contributed by atoms with van der Waals surface area (Å²) in [5, 5.41) is 19.7. The highest BCUT2D eigenvalue weighted by Gasteiger charge is 2.33. The van der Waals surface area contributed by atoms with Crippen LogP contribution in [0.3, 0.4) is 0 Å². The lowest BCUT2D eigenvalue weighted by Gasteiger charge is -2.35. The summed E-state index contributed by atoms with van der Waals surface area (Å²) in [6.45, 7) is 4.63. The van der Waals surface area contributed by atoms with Gasteiger partial charge in [-0.2, -0.15) is 18.4 Å². The summed E-state index contributed by atoms with van der Waals surface area (Å²) in [5.41, 5.74) is 2.38. The summed E-state index contributed by atoms with van der Waals surface area (Å²) in [4.78, 5) is 1.98. The fraction of sp³-hybridized carbons (Fsp3) is 0.233. The van der Waals surface area contributed by atoms with E-state index in [1.807, 2.05) is 41.3 Å². The SMILES string of the molecule is C=C(O)[C@@H]1CCCCN1Cc1ccc(/C=C/c2cccc(-c3ccccc3)c2C#N)c(C(F)(F)F)c1. The monoisotopic (exact) mass is 488 g/mol. The molecular formula is C30H27F3N2O. The van der Waals surface area contributed by atoms with Gasteiger partial charge in [0, 0.05) is 12.1 Å². The van der Waals surface area contributed by atoms with Gasteiger partial charge in [-0.1, -0.05) is 85.8 Å².